The SMILES string of the molecule is C=CCOc1cc(OC)ccc1C(=O)N1C[C@H](OC)[C@H](OC)C1. The highest BCUT2D eigenvalue weighted by molar-refractivity contribution is 5.97. The van der Waals surface area contributed by atoms with Crippen LogP contribution in [0.4, 0.5) is 0 Å². The van der Waals surface area contributed by atoms with Gasteiger partial charge in [-0.25, -0.2) is 0 Å². The topological polar surface area (TPSA) is 57.2 Å². The first kappa shape index (κ1) is 17.3. The van der Waals surface area contributed by atoms with Gasteiger partial charge in [-0.15, -0.1) is 0 Å². The molecule has 6 heteroatoms. The Labute approximate surface area is 136 Å². The maximum atomic E-state index is 12.8. The van der Waals surface area contributed by atoms with Crippen molar-refractivity contribution in [2.24, 2.45) is 0 Å². The van der Waals surface area contributed by atoms with Crippen molar-refractivity contribution in [1.29, 1.82) is 0 Å². The Hall–Kier alpha value is -2.05. The van der Waals surface area contributed by atoms with Crippen LogP contribution in [0.3, 0.4) is 0 Å². The van der Waals surface area contributed by atoms with E-state index >= 15 is 0 Å². The van der Waals surface area contributed by atoms with E-state index in [1.807, 2.05) is 0 Å². The summed E-state index contributed by atoms with van der Waals surface area (Å²) >= 11 is 0. The summed E-state index contributed by atoms with van der Waals surface area (Å²) in [4.78, 5) is 14.5. The Kier molecular flexibility index (Phi) is 6.01. The minimum Gasteiger partial charge on any atom is -0.497 e. The highest BCUT2D eigenvalue weighted by atomic mass is 16.5. The molecule has 1 saturated heterocycles. The molecule has 1 heterocycles. The second kappa shape index (κ2) is 7.99. The highest BCUT2D eigenvalue weighted by Gasteiger charge is 2.36. The van der Waals surface area contributed by atoms with E-state index in [-0.39, 0.29) is 18.1 Å². The number of nitrogens with zero attached hydrogens (tertiary/aromatic N) is 1. The van der Waals surface area contributed by atoms with Gasteiger partial charge in [-0.3, -0.25) is 4.79 Å². The predicted octanol–water partition coefficient (Wildman–Crippen LogP) is 1.75. The van der Waals surface area contributed by atoms with E-state index in [0.717, 1.165) is 0 Å². The first-order valence-electron chi connectivity index (χ1n) is 7.41. The summed E-state index contributed by atoms with van der Waals surface area (Å²) < 4.78 is 21.6. The predicted molar refractivity (Wildman–Crippen MR) is 86.2 cm³/mol. The fourth-order valence-electron chi connectivity index (χ4n) is 2.61. The standard InChI is InChI=1S/C17H23NO5/c1-5-8-23-14-9-12(20-2)6-7-13(14)17(19)18-10-15(21-3)16(11-18)22-4/h5-7,9,15-16H,1,8,10-11H2,2-4H3/t15-,16+. The van der Waals surface area contributed by atoms with Gasteiger partial charge >= 0.3 is 0 Å². The smallest absolute Gasteiger partial charge is 0.257 e. The van der Waals surface area contributed by atoms with Crippen molar-refractivity contribution in [3.05, 3.63) is 36.4 Å². The van der Waals surface area contributed by atoms with Gasteiger partial charge in [-0.05, 0) is 12.1 Å². The molecule has 0 saturated carbocycles. The Morgan fingerprint density at radius 2 is 1.91 bits per heavy atom. The number of carbonyl (C=O) groups is 1. The lowest BCUT2D eigenvalue weighted by atomic mass is 10.1. The molecule has 2 rings (SSSR count). The lowest BCUT2D eigenvalue weighted by Crippen LogP contribution is -2.30. The fraction of sp³-hybridized carbons (Fsp3) is 0.471. The number of carbonyl (C=O) groups excluding carboxylic acids is 1. The molecule has 126 valence electrons. The van der Waals surface area contributed by atoms with Crippen LogP contribution in [0.1, 0.15) is 10.4 Å². The van der Waals surface area contributed by atoms with Crippen LogP contribution in [0.5, 0.6) is 11.5 Å². The number of benzene rings is 1. The van der Waals surface area contributed by atoms with E-state index in [4.69, 9.17) is 18.9 Å². The molecule has 1 amide bonds. The molecule has 0 spiro atoms. The first-order valence-corrected chi connectivity index (χ1v) is 7.41. The van der Waals surface area contributed by atoms with Crippen LogP contribution in [0.2, 0.25) is 0 Å². The molecule has 0 aromatic heterocycles. The van der Waals surface area contributed by atoms with Gasteiger partial charge < -0.3 is 23.8 Å². The number of likely N-dealkylation sites (tertiary alicyclic amines) is 1. The lowest BCUT2D eigenvalue weighted by molar-refractivity contribution is -0.00461. The van der Waals surface area contributed by atoms with E-state index < -0.39 is 0 Å². The van der Waals surface area contributed by atoms with Gasteiger partial charge in [0.05, 0.1) is 12.7 Å². The summed E-state index contributed by atoms with van der Waals surface area (Å²) in [6, 6.07) is 5.15. The van der Waals surface area contributed by atoms with Crippen LogP contribution in [0.25, 0.3) is 0 Å². The summed E-state index contributed by atoms with van der Waals surface area (Å²) in [5.74, 6) is 0.990. The highest BCUT2D eigenvalue weighted by Crippen LogP contribution is 2.28. The average molecular weight is 321 g/mol. The van der Waals surface area contributed by atoms with Crippen molar-refractivity contribution in [3.8, 4) is 11.5 Å². The molecule has 0 N–H and O–H groups in total. The van der Waals surface area contributed by atoms with Crippen LogP contribution < -0.4 is 9.47 Å². The van der Waals surface area contributed by atoms with Crippen LogP contribution in [0.15, 0.2) is 30.9 Å². The van der Waals surface area contributed by atoms with Gasteiger partial charge in [0.15, 0.2) is 0 Å². The molecular formula is C17H23NO5. The van der Waals surface area contributed by atoms with Gasteiger partial charge in [0.2, 0.25) is 0 Å². The third-order valence-corrected chi connectivity index (χ3v) is 3.88. The van der Waals surface area contributed by atoms with Crippen LogP contribution in [0, 0.1) is 0 Å². The zero-order valence-corrected chi connectivity index (χ0v) is 13.8. The quantitative estimate of drug-likeness (QED) is 0.716. The molecule has 0 radical (unpaired) electrons. The van der Waals surface area contributed by atoms with Gasteiger partial charge in [-0.1, -0.05) is 12.7 Å². The number of amides is 1. The second-order valence-electron chi connectivity index (χ2n) is 5.22. The third kappa shape index (κ3) is 3.83. The lowest BCUT2D eigenvalue weighted by Gasteiger charge is -2.18. The Morgan fingerprint density at radius 1 is 1.26 bits per heavy atom. The zero-order valence-electron chi connectivity index (χ0n) is 13.8. The summed E-state index contributed by atoms with van der Waals surface area (Å²) in [6.45, 7) is 4.92. The third-order valence-electron chi connectivity index (χ3n) is 3.88. The zero-order chi connectivity index (χ0) is 16.8. The van der Waals surface area contributed by atoms with E-state index in [9.17, 15) is 4.79 Å². The second-order valence-corrected chi connectivity index (χ2v) is 5.22. The molecule has 1 fully saturated rings. The minimum atomic E-state index is -0.125. The number of hydrogen-bond acceptors (Lipinski definition) is 5. The van der Waals surface area contributed by atoms with Gasteiger partial charge in [0.1, 0.15) is 30.3 Å². The summed E-state index contributed by atoms with van der Waals surface area (Å²) in [5.41, 5.74) is 0.485. The number of rotatable bonds is 7. The summed E-state index contributed by atoms with van der Waals surface area (Å²) in [6.07, 6.45) is 1.38. The van der Waals surface area contributed by atoms with Crippen molar-refractivity contribution in [3.63, 3.8) is 0 Å². The molecule has 1 aliphatic heterocycles. The van der Waals surface area contributed by atoms with Crippen molar-refractivity contribution >= 4 is 5.91 Å². The van der Waals surface area contributed by atoms with Crippen molar-refractivity contribution in [2.45, 2.75) is 12.2 Å². The molecule has 1 aromatic carbocycles. The minimum absolute atomic E-state index is 0.117. The van der Waals surface area contributed by atoms with Crippen LogP contribution in [-0.4, -0.2) is 64.0 Å². The van der Waals surface area contributed by atoms with Crippen molar-refractivity contribution in [1.82, 2.24) is 4.90 Å². The average Bonchev–Trinajstić information content (AvgIpc) is 3.02. The normalized spacial score (nSPS) is 20.4. The molecule has 2 atom stereocenters. The molecule has 0 bridgehead atoms. The van der Waals surface area contributed by atoms with Crippen LogP contribution >= 0.6 is 0 Å². The molecule has 1 aromatic rings. The van der Waals surface area contributed by atoms with Crippen LogP contribution in [-0.2, 0) is 9.47 Å². The summed E-state index contributed by atoms with van der Waals surface area (Å²) in [5, 5.41) is 0. The number of methoxy groups -OCH3 is 3. The molecule has 1 aliphatic rings. The molecule has 6 nitrogen and oxygen atoms in total. The molecule has 0 aliphatic carbocycles. The van der Waals surface area contributed by atoms with E-state index in [1.165, 1.54) is 0 Å². The van der Waals surface area contributed by atoms with Gasteiger partial charge in [0, 0.05) is 33.4 Å². The number of ether oxygens (including phenoxy) is 4. The summed E-state index contributed by atoms with van der Waals surface area (Å²) in [7, 11) is 4.81. The molecule has 0 unspecified atom stereocenters. The van der Waals surface area contributed by atoms with E-state index in [2.05, 4.69) is 6.58 Å². The fourth-order valence-corrected chi connectivity index (χ4v) is 2.61. The Morgan fingerprint density at radius 3 is 2.43 bits per heavy atom. The molecule has 23 heavy (non-hydrogen) atoms. The van der Waals surface area contributed by atoms with Gasteiger partial charge in [0.25, 0.3) is 5.91 Å². The van der Waals surface area contributed by atoms with E-state index in [1.54, 1.807) is 50.5 Å². The largest absolute Gasteiger partial charge is 0.497 e. The number of hydrogen-bond donors (Lipinski definition) is 0. The Bertz CT molecular complexity index is 548. The van der Waals surface area contributed by atoms with E-state index in [0.29, 0.717) is 36.8 Å². The monoisotopic (exact) mass is 321 g/mol. The maximum absolute atomic E-state index is 12.8. The first-order chi connectivity index (χ1) is 11.1. The Balaban J connectivity index is 2.23. The van der Waals surface area contributed by atoms with Crippen molar-refractivity contribution < 1.29 is 23.7 Å². The van der Waals surface area contributed by atoms with Gasteiger partial charge in [-0.2, -0.15) is 0 Å². The maximum Gasteiger partial charge on any atom is 0.257 e. The van der Waals surface area contributed by atoms with Crippen molar-refractivity contribution in [2.75, 3.05) is 41.0 Å². The molecular weight excluding hydrogens is 298 g/mol.